The SMILES string of the molecule is CCn1c(-c2ccc(N3CCCS3=O)cc2)c(C#N)c2ccc(C(F)(F)F)cc21. The lowest BCUT2D eigenvalue weighted by molar-refractivity contribution is -0.137. The Morgan fingerprint density at radius 1 is 1.17 bits per heavy atom. The molecule has 0 amide bonds. The first-order chi connectivity index (χ1) is 13.8. The topological polar surface area (TPSA) is 49.0 Å². The van der Waals surface area contributed by atoms with Gasteiger partial charge in [-0.1, -0.05) is 18.2 Å². The third kappa shape index (κ3) is 3.29. The lowest BCUT2D eigenvalue weighted by Crippen LogP contribution is -2.19. The predicted octanol–water partition coefficient (Wildman–Crippen LogP) is 5.09. The lowest BCUT2D eigenvalue weighted by Gasteiger charge is -2.16. The van der Waals surface area contributed by atoms with Gasteiger partial charge in [0.25, 0.3) is 0 Å². The van der Waals surface area contributed by atoms with Gasteiger partial charge in [0.1, 0.15) is 17.1 Å². The molecular formula is C21H18F3N3OS. The first-order valence-electron chi connectivity index (χ1n) is 9.25. The Labute approximate surface area is 168 Å². The van der Waals surface area contributed by atoms with E-state index in [9.17, 15) is 22.6 Å². The van der Waals surface area contributed by atoms with E-state index >= 15 is 0 Å². The van der Waals surface area contributed by atoms with Gasteiger partial charge in [-0.25, -0.2) is 4.21 Å². The number of nitriles is 1. The van der Waals surface area contributed by atoms with Gasteiger partial charge in [0.15, 0.2) is 0 Å². The van der Waals surface area contributed by atoms with E-state index < -0.39 is 22.7 Å². The molecule has 150 valence electrons. The van der Waals surface area contributed by atoms with E-state index in [2.05, 4.69) is 6.07 Å². The fourth-order valence-corrected chi connectivity index (χ4v) is 5.13. The number of hydrogen-bond donors (Lipinski definition) is 0. The number of aryl methyl sites for hydroxylation is 1. The van der Waals surface area contributed by atoms with Gasteiger partial charge in [-0.2, -0.15) is 18.4 Å². The quantitative estimate of drug-likeness (QED) is 0.596. The van der Waals surface area contributed by atoms with Crippen LogP contribution in [0.4, 0.5) is 18.9 Å². The molecule has 1 aromatic heterocycles. The highest BCUT2D eigenvalue weighted by molar-refractivity contribution is 7.86. The third-order valence-electron chi connectivity index (χ3n) is 5.17. The average molecular weight is 417 g/mol. The molecule has 2 heterocycles. The molecule has 2 aromatic carbocycles. The number of alkyl halides is 3. The molecule has 4 nitrogen and oxygen atoms in total. The van der Waals surface area contributed by atoms with E-state index in [-0.39, 0.29) is 0 Å². The number of fused-ring (bicyclic) bond motifs is 1. The highest BCUT2D eigenvalue weighted by atomic mass is 32.2. The fourth-order valence-electron chi connectivity index (χ4n) is 3.84. The molecule has 1 saturated heterocycles. The van der Waals surface area contributed by atoms with Crippen molar-refractivity contribution in [2.75, 3.05) is 16.6 Å². The molecule has 0 N–H and O–H groups in total. The molecule has 0 spiro atoms. The number of halogens is 3. The minimum atomic E-state index is -4.45. The number of rotatable bonds is 3. The summed E-state index contributed by atoms with van der Waals surface area (Å²) in [5, 5.41) is 10.2. The van der Waals surface area contributed by atoms with Gasteiger partial charge in [-0.05, 0) is 43.2 Å². The van der Waals surface area contributed by atoms with Crippen LogP contribution in [-0.4, -0.2) is 21.1 Å². The molecule has 1 fully saturated rings. The lowest BCUT2D eigenvalue weighted by atomic mass is 10.0. The molecular weight excluding hydrogens is 399 g/mol. The monoisotopic (exact) mass is 417 g/mol. The summed E-state index contributed by atoms with van der Waals surface area (Å²) in [5.41, 5.74) is 2.17. The average Bonchev–Trinajstić information content (AvgIpc) is 3.27. The zero-order valence-corrected chi connectivity index (χ0v) is 16.5. The molecule has 1 atom stereocenters. The number of hydrogen-bond acceptors (Lipinski definition) is 2. The zero-order chi connectivity index (χ0) is 20.8. The van der Waals surface area contributed by atoms with Crippen LogP contribution in [-0.2, 0) is 23.7 Å². The summed E-state index contributed by atoms with van der Waals surface area (Å²) in [4.78, 5) is 0. The maximum atomic E-state index is 13.2. The van der Waals surface area contributed by atoms with Crippen LogP contribution in [0.3, 0.4) is 0 Å². The van der Waals surface area contributed by atoms with Crippen molar-refractivity contribution in [1.29, 1.82) is 5.26 Å². The Morgan fingerprint density at radius 3 is 2.45 bits per heavy atom. The van der Waals surface area contributed by atoms with E-state index in [0.29, 0.717) is 34.5 Å². The Bertz CT molecular complexity index is 1140. The van der Waals surface area contributed by atoms with Gasteiger partial charge in [0, 0.05) is 29.9 Å². The maximum Gasteiger partial charge on any atom is 0.416 e. The van der Waals surface area contributed by atoms with Gasteiger partial charge in [0.2, 0.25) is 0 Å². The summed E-state index contributed by atoms with van der Waals surface area (Å²) < 4.78 is 55.2. The molecule has 1 aliphatic rings. The molecule has 29 heavy (non-hydrogen) atoms. The van der Waals surface area contributed by atoms with Crippen molar-refractivity contribution in [2.45, 2.75) is 26.1 Å². The number of benzene rings is 2. The molecule has 0 bridgehead atoms. The highest BCUT2D eigenvalue weighted by Gasteiger charge is 2.31. The first kappa shape index (κ1) is 19.5. The van der Waals surface area contributed by atoms with E-state index in [0.717, 1.165) is 36.3 Å². The smallest absolute Gasteiger partial charge is 0.340 e. The standard InChI is InChI=1S/C21H18F3N3OS/c1-2-26-19-12-15(21(22,23)24)6-9-17(19)18(13-25)20(26)14-4-7-16(8-5-14)27-10-3-11-29(27)28/h4-9,12H,2-3,10-11H2,1H3. The van der Waals surface area contributed by atoms with Gasteiger partial charge in [0.05, 0.1) is 22.3 Å². The second-order valence-electron chi connectivity index (χ2n) is 6.84. The van der Waals surface area contributed by atoms with E-state index in [1.165, 1.54) is 6.07 Å². The Hall–Kier alpha value is -2.79. The molecule has 0 radical (unpaired) electrons. The molecule has 1 unspecified atom stereocenters. The number of anilines is 1. The summed E-state index contributed by atoms with van der Waals surface area (Å²) in [6.45, 7) is 2.99. The van der Waals surface area contributed by atoms with Crippen molar-refractivity contribution in [1.82, 2.24) is 4.57 Å². The van der Waals surface area contributed by atoms with Crippen LogP contribution in [0, 0.1) is 11.3 Å². The van der Waals surface area contributed by atoms with Crippen LogP contribution < -0.4 is 4.31 Å². The summed E-state index contributed by atoms with van der Waals surface area (Å²) in [6, 6.07) is 13.0. The van der Waals surface area contributed by atoms with Crippen molar-refractivity contribution < 1.29 is 17.4 Å². The maximum absolute atomic E-state index is 13.2. The minimum Gasteiger partial charge on any atom is -0.340 e. The van der Waals surface area contributed by atoms with Crippen molar-refractivity contribution in [3.8, 4) is 17.3 Å². The summed E-state index contributed by atoms with van der Waals surface area (Å²) in [7, 11) is -1.03. The number of aromatic nitrogens is 1. The molecule has 0 aliphatic carbocycles. The molecule has 1 aliphatic heterocycles. The van der Waals surface area contributed by atoms with Crippen LogP contribution in [0.2, 0.25) is 0 Å². The molecule has 4 rings (SSSR count). The molecule has 0 saturated carbocycles. The van der Waals surface area contributed by atoms with Gasteiger partial charge >= 0.3 is 6.18 Å². The summed E-state index contributed by atoms with van der Waals surface area (Å²) in [5.74, 6) is 0.645. The van der Waals surface area contributed by atoms with Crippen LogP contribution >= 0.6 is 0 Å². The van der Waals surface area contributed by atoms with Crippen molar-refractivity contribution in [2.24, 2.45) is 0 Å². The highest BCUT2D eigenvalue weighted by Crippen LogP contribution is 2.38. The molecule has 3 aromatic rings. The number of nitrogens with zero attached hydrogens (tertiary/aromatic N) is 3. The second-order valence-corrected chi connectivity index (χ2v) is 8.33. The van der Waals surface area contributed by atoms with Crippen LogP contribution in [0.15, 0.2) is 42.5 Å². The summed E-state index contributed by atoms with van der Waals surface area (Å²) >= 11 is 0. The van der Waals surface area contributed by atoms with Gasteiger partial charge in [-0.15, -0.1) is 0 Å². The zero-order valence-electron chi connectivity index (χ0n) is 15.7. The van der Waals surface area contributed by atoms with E-state index in [1.807, 2.05) is 35.5 Å². The predicted molar refractivity (Wildman–Crippen MR) is 108 cm³/mol. The van der Waals surface area contributed by atoms with Crippen LogP contribution in [0.1, 0.15) is 24.5 Å². The largest absolute Gasteiger partial charge is 0.416 e. The fraction of sp³-hybridized carbons (Fsp3) is 0.286. The van der Waals surface area contributed by atoms with Crippen LogP contribution in [0.25, 0.3) is 22.2 Å². The second kappa shape index (κ2) is 7.23. The van der Waals surface area contributed by atoms with Crippen molar-refractivity contribution >= 4 is 27.6 Å². The van der Waals surface area contributed by atoms with E-state index in [4.69, 9.17) is 0 Å². The first-order valence-corrected chi connectivity index (χ1v) is 10.5. The minimum absolute atomic E-state index is 0.355. The van der Waals surface area contributed by atoms with Crippen molar-refractivity contribution in [3.05, 3.63) is 53.6 Å². The van der Waals surface area contributed by atoms with E-state index in [1.54, 1.807) is 4.57 Å². The summed E-state index contributed by atoms with van der Waals surface area (Å²) in [6.07, 6.45) is -3.57. The van der Waals surface area contributed by atoms with Crippen LogP contribution in [0.5, 0.6) is 0 Å². The Balaban J connectivity index is 1.86. The Morgan fingerprint density at radius 2 is 1.90 bits per heavy atom. The van der Waals surface area contributed by atoms with Gasteiger partial charge < -0.3 is 4.57 Å². The Kier molecular flexibility index (Phi) is 4.87. The third-order valence-corrected chi connectivity index (χ3v) is 6.70. The normalized spacial score (nSPS) is 17.1. The van der Waals surface area contributed by atoms with Crippen molar-refractivity contribution in [3.63, 3.8) is 0 Å². The molecule has 8 heteroatoms. The van der Waals surface area contributed by atoms with Gasteiger partial charge in [-0.3, -0.25) is 4.31 Å².